The van der Waals surface area contributed by atoms with Crippen LogP contribution in [0.4, 0.5) is 10.2 Å². The average Bonchev–Trinajstić information content (AvgIpc) is 2.73. The normalized spacial score (nSPS) is 10.8. The first kappa shape index (κ1) is 16.9. The number of rotatable bonds is 4. The number of ether oxygens (including phenoxy) is 1. The van der Waals surface area contributed by atoms with E-state index < -0.39 is 0 Å². The van der Waals surface area contributed by atoms with E-state index in [1.807, 2.05) is 30.3 Å². The maximum absolute atomic E-state index is 14.9. The number of hydrogen-bond donors (Lipinski definition) is 1. The van der Waals surface area contributed by atoms with Gasteiger partial charge in [-0.3, -0.25) is 4.98 Å². The Labute approximate surface area is 155 Å². The average molecular weight is 360 g/mol. The van der Waals surface area contributed by atoms with E-state index in [9.17, 15) is 4.39 Å². The largest absolute Gasteiger partial charge is 0.497 e. The standard InChI is InChI=1S/C21H17FN4O/c1-23-21-17-10-16(13-5-3-7-15(9-13)27-2)18(22)11-19(17)25-20(26-21)14-6-4-8-24-12-14/h3-12H,1-2H3,(H,23,25,26). The molecule has 0 aliphatic carbocycles. The van der Waals surface area contributed by atoms with Crippen molar-refractivity contribution in [3.8, 4) is 28.3 Å². The molecule has 0 atom stereocenters. The van der Waals surface area contributed by atoms with E-state index in [1.165, 1.54) is 6.07 Å². The highest BCUT2D eigenvalue weighted by Crippen LogP contribution is 2.32. The van der Waals surface area contributed by atoms with Crippen LogP contribution in [0.15, 0.2) is 60.9 Å². The number of anilines is 1. The Morgan fingerprint density at radius 1 is 1.00 bits per heavy atom. The van der Waals surface area contributed by atoms with Gasteiger partial charge in [0.15, 0.2) is 5.82 Å². The second-order valence-corrected chi connectivity index (χ2v) is 5.97. The summed E-state index contributed by atoms with van der Waals surface area (Å²) in [6.07, 6.45) is 3.37. The fraction of sp³-hybridized carbons (Fsp3) is 0.0952. The summed E-state index contributed by atoms with van der Waals surface area (Å²) in [5.41, 5.74) is 2.49. The summed E-state index contributed by atoms with van der Waals surface area (Å²) >= 11 is 0. The number of benzene rings is 2. The third-order valence-electron chi connectivity index (χ3n) is 4.32. The second-order valence-electron chi connectivity index (χ2n) is 5.97. The number of pyridine rings is 1. The number of hydrogen-bond acceptors (Lipinski definition) is 5. The van der Waals surface area contributed by atoms with Crippen molar-refractivity contribution in [1.82, 2.24) is 15.0 Å². The van der Waals surface area contributed by atoms with E-state index in [4.69, 9.17) is 4.74 Å². The van der Waals surface area contributed by atoms with Crippen LogP contribution in [0.2, 0.25) is 0 Å². The van der Waals surface area contributed by atoms with Crippen molar-refractivity contribution < 1.29 is 9.13 Å². The van der Waals surface area contributed by atoms with E-state index in [1.54, 1.807) is 38.7 Å². The Hall–Kier alpha value is -3.54. The SMILES string of the molecule is CNc1nc(-c2cccnc2)nc2cc(F)c(-c3cccc(OC)c3)cc12. The molecular formula is C21H17FN4O. The first-order valence-corrected chi connectivity index (χ1v) is 8.43. The molecule has 0 radical (unpaired) electrons. The number of fused-ring (bicyclic) bond motifs is 1. The third-order valence-corrected chi connectivity index (χ3v) is 4.32. The van der Waals surface area contributed by atoms with Gasteiger partial charge in [0.1, 0.15) is 17.4 Å². The van der Waals surface area contributed by atoms with Gasteiger partial charge in [-0.15, -0.1) is 0 Å². The molecule has 0 fully saturated rings. The van der Waals surface area contributed by atoms with Crippen LogP contribution in [0.25, 0.3) is 33.4 Å². The minimum absolute atomic E-state index is 0.353. The van der Waals surface area contributed by atoms with Crippen LogP contribution in [0.3, 0.4) is 0 Å². The second kappa shape index (κ2) is 6.99. The van der Waals surface area contributed by atoms with Crippen LogP contribution >= 0.6 is 0 Å². The number of methoxy groups -OCH3 is 1. The first-order chi connectivity index (χ1) is 13.2. The summed E-state index contributed by atoms with van der Waals surface area (Å²) in [6, 6.07) is 14.2. The molecule has 6 heteroatoms. The Bertz CT molecular complexity index is 1120. The monoisotopic (exact) mass is 360 g/mol. The van der Waals surface area contributed by atoms with Crippen molar-refractivity contribution in [2.45, 2.75) is 0 Å². The topological polar surface area (TPSA) is 59.9 Å². The zero-order valence-corrected chi connectivity index (χ0v) is 14.9. The Balaban J connectivity index is 1.91. The van der Waals surface area contributed by atoms with Gasteiger partial charge in [0.05, 0.1) is 12.6 Å². The molecule has 0 spiro atoms. The maximum Gasteiger partial charge on any atom is 0.163 e. The Morgan fingerprint density at radius 3 is 2.59 bits per heavy atom. The lowest BCUT2D eigenvalue weighted by Crippen LogP contribution is -2.00. The van der Waals surface area contributed by atoms with Crippen LogP contribution in [0.1, 0.15) is 0 Å². The first-order valence-electron chi connectivity index (χ1n) is 8.43. The zero-order valence-electron chi connectivity index (χ0n) is 14.9. The molecule has 0 aliphatic heterocycles. The molecule has 0 bridgehead atoms. The van der Waals surface area contributed by atoms with Crippen molar-refractivity contribution in [2.24, 2.45) is 0 Å². The summed E-state index contributed by atoms with van der Waals surface area (Å²) < 4.78 is 20.1. The number of nitrogens with zero attached hydrogens (tertiary/aromatic N) is 3. The van der Waals surface area contributed by atoms with Gasteiger partial charge in [-0.2, -0.15) is 0 Å². The molecule has 0 saturated carbocycles. The predicted molar refractivity (Wildman–Crippen MR) is 104 cm³/mol. The lowest BCUT2D eigenvalue weighted by Gasteiger charge is -2.11. The van der Waals surface area contributed by atoms with Gasteiger partial charge in [-0.05, 0) is 35.9 Å². The molecular weight excluding hydrogens is 343 g/mol. The summed E-state index contributed by atoms with van der Waals surface area (Å²) in [4.78, 5) is 13.2. The van der Waals surface area contributed by atoms with Gasteiger partial charge in [0.25, 0.3) is 0 Å². The lowest BCUT2D eigenvalue weighted by molar-refractivity contribution is 0.415. The van der Waals surface area contributed by atoms with Gasteiger partial charge in [-0.25, -0.2) is 14.4 Å². The summed E-state index contributed by atoms with van der Waals surface area (Å²) in [5.74, 6) is 1.44. The van der Waals surface area contributed by atoms with Crippen LogP contribution in [-0.4, -0.2) is 29.1 Å². The molecule has 0 amide bonds. The van der Waals surface area contributed by atoms with Gasteiger partial charge < -0.3 is 10.1 Å². The van der Waals surface area contributed by atoms with E-state index in [0.29, 0.717) is 28.5 Å². The zero-order chi connectivity index (χ0) is 18.8. The molecule has 0 saturated heterocycles. The maximum atomic E-state index is 14.9. The van der Waals surface area contributed by atoms with E-state index in [0.717, 1.165) is 16.5 Å². The third kappa shape index (κ3) is 3.17. The quantitative estimate of drug-likeness (QED) is 0.579. The van der Waals surface area contributed by atoms with Crippen molar-refractivity contribution in [2.75, 3.05) is 19.5 Å². The smallest absolute Gasteiger partial charge is 0.163 e. The molecule has 0 aliphatic rings. The Morgan fingerprint density at radius 2 is 1.85 bits per heavy atom. The number of aromatic nitrogens is 3. The Kier molecular flexibility index (Phi) is 4.38. The molecule has 134 valence electrons. The van der Waals surface area contributed by atoms with Gasteiger partial charge in [0, 0.05) is 42.0 Å². The predicted octanol–water partition coefficient (Wildman–Crippen LogP) is 4.55. The summed E-state index contributed by atoms with van der Waals surface area (Å²) in [5, 5.41) is 3.82. The van der Waals surface area contributed by atoms with E-state index in [-0.39, 0.29) is 5.82 Å². The molecule has 2 aromatic heterocycles. The van der Waals surface area contributed by atoms with E-state index >= 15 is 0 Å². The summed E-state index contributed by atoms with van der Waals surface area (Å²) in [6.45, 7) is 0. The van der Waals surface area contributed by atoms with Crippen molar-refractivity contribution in [3.63, 3.8) is 0 Å². The number of nitrogens with one attached hydrogen (secondary N) is 1. The fourth-order valence-corrected chi connectivity index (χ4v) is 2.98. The summed E-state index contributed by atoms with van der Waals surface area (Å²) in [7, 11) is 3.37. The molecule has 2 heterocycles. The van der Waals surface area contributed by atoms with Crippen LogP contribution in [-0.2, 0) is 0 Å². The molecule has 1 N–H and O–H groups in total. The highest BCUT2D eigenvalue weighted by atomic mass is 19.1. The van der Waals surface area contributed by atoms with Gasteiger partial charge in [-0.1, -0.05) is 12.1 Å². The highest BCUT2D eigenvalue weighted by molar-refractivity contribution is 5.94. The van der Waals surface area contributed by atoms with Crippen molar-refractivity contribution >= 4 is 16.7 Å². The highest BCUT2D eigenvalue weighted by Gasteiger charge is 2.14. The molecule has 5 nitrogen and oxygen atoms in total. The minimum Gasteiger partial charge on any atom is -0.497 e. The van der Waals surface area contributed by atoms with Crippen LogP contribution in [0.5, 0.6) is 5.75 Å². The van der Waals surface area contributed by atoms with Gasteiger partial charge >= 0.3 is 0 Å². The molecule has 4 aromatic rings. The van der Waals surface area contributed by atoms with E-state index in [2.05, 4.69) is 20.3 Å². The molecule has 2 aromatic carbocycles. The van der Waals surface area contributed by atoms with Crippen LogP contribution < -0.4 is 10.1 Å². The van der Waals surface area contributed by atoms with Crippen LogP contribution in [0, 0.1) is 5.82 Å². The minimum atomic E-state index is -0.353. The van der Waals surface area contributed by atoms with Crippen molar-refractivity contribution in [3.05, 3.63) is 66.7 Å². The van der Waals surface area contributed by atoms with Gasteiger partial charge in [0.2, 0.25) is 0 Å². The fourth-order valence-electron chi connectivity index (χ4n) is 2.98. The lowest BCUT2D eigenvalue weighted by atomic mass is 10.0. The van der Waals surface area contributed by atoms with Crippen molar-refractivity contribution in [1.29, 1.82) is 0 Å². The molecule has 0 unspecified atom stereocenters. The molecule has 27 heavy (non-hydrogen) atoms. The molecule has 4 rings (SSSR count). The number of halogens is 1.